The van der Waals surface area contributed by atoms with E-state index >= 15 is 0 Å². The minimum absolute atomic E-state index is 0.135. The fraction of sp³-hybridized carbons (Fsp3) is 0.714. The Morgan fingerprint density at radius 2 is 2.26 bits per heavy atom. The molecule has 19 heavy (non-hydrogen) atoms. The van der Waals surface area contributed by atoms with Crippen molar-refractivity contribution < 1.29 is 4.79 Å². The van der Waals surface area contributed by atoms with Gasteiger partial charge in [0.25, 0.3) is 5.91 Å². The molecule has 1 saturated carbocycles. The number of amides is 1. The van der Waals surface area contributed by atoms with E-state index < -0.39 is 0 Å². The average molecular weight is 279 g/mol. The van der Waals surface area contributed by atoms with Crippen molar-refractivity contribution in [2.45, 2.75) is 44.6 Å². The molecule has 1 amide bonds. The summed E-state index contributed by atoms with van der Waals surface area (Å²) < 4.78 is 0. The molecule has 1 aliphatic carbocycles. The molecule has 2 N–H and O–H groups in total. The Bertz CT molecular complexity index is 459. The number of carbonyl (C=O) groups is 1. The quantitative estimate of drug-likeness (QED) is 0.921. The first kappa shape index (κ1) is 13.1. The van der Waals surface area contributed by atoms with Gasteiger partial charge < -0.3 is 10.6 Å². The van der Waals surface area contributed by atoms with Gasteiger partial charge in [-0.3, -0.25) is 4.79 Å². The van der Waals surface area contributed by atoms with E-state index in [9.17, 15) is 4.79 Å². The summed E-state index contributed by atoms with van der Waals surface area (Å²) in [7, 11) is 0. The molecular weight excluding hydrogens is 258 g/mol. The van der Waals surface area contributed by atoms with Gasteiger partial charge in [0.1, 0.15) is 5.69 Å². The number of carbonyl (C=O) groups excluding carboxylic acids is 1. The number of likely N-dealkylation sites (tertiary alicyclic amines) is 1. The molecule has 5 heteroatoms. The normalized spacial score (nSPS) is 26.5. The molecule has 0 radical (unpaired) electrons. The van der Waals surface area contributed by atoms with Gasteiger partial charge in [0, 0.05) is 24.4 Å². The lowest BCUT2D eigenvalue weighted by atomic mass is 9.92. The first-order valence-corrected chi connectivity index (χ1v) is 8.13. The van der Waals surface area contributed by atoms with Crippen LogP contribution in [0.3, 0.4) is 0 Å². The zero-order chi connectivity index (χ0) is 13.2. The Morgan fingerprint density at radius 1 is 1.42 bits per heavy atom. The van der Waals surface area contributed by atoms with Gasteiger partial charge in [-0.2, -0.15) is 0 Å². The predicted octanol–water partition coefficient (Wildman–Crippen LogP) is 2.05. The number of piperidine rings is 1. The maximum absolute atomic E-state index is 12.6. The molecule has 0 spiro atoms. The van der Waals surface area contributed by atoms with Crippen LogP contribution in [0, 0.1) is 5.92 Å². The molecule has 1 aliphatic heterocycles. The lowest BCUT2D eigenvalue weighted by Crippen LogP contribution is -2.46. The van der Waals surface area contributed by atoms with Crippen LogP contribution < -0.4 is 5.73 Å². The summed E-state index contributed by atoms with van der Waals surface area (Å²) >= 11 is 1.55. The van der Waals surface area contributed by atoms with Crippen molar-refractivity contribution >= 4 is 17.2 Å². The number of thiazole rings is 1. The maximum atomic E-state index is 12.6. The van der Waals surface area contributed by atoms with E-state index in [1.165, 1.54) is 25.7 Å². The van der Waals surface area contributed by atoms with Crippen LogP contribution in [0.4, 0.5) is 0 Å². The number of hydrogen-bond donors (Lipinski definition) is 1. The van der Waals surface area contributed by atoms with Crippen molar-refractivity contribution in [2.24, 2.45) is 11.7 Å². The molecule has 0 aromatic carbocycles. The van der Waals surface area contributed by atoms with E-state index in [1.54, 1.807) is 11.3 Å². The van der Waals surface area contributed by atoms with Crippen LogP contribution in [0.5, 0.6) is 0 Å². The van der Waals surface area contributed by atoms with Gasteiger partial charge in [-0.15, -0.1) is 11.3 Å². The minimum Gasteiger partial charge on any atom is -0.334 e. The zero-order valence-electron chi connectivity index (χ0n) is 11.2. The Kier molecular flexibility index (Phi) is 3.84. The van der Waals surface area contributed by atoms with Crippen LogP contribution in [-0.4, -0.2) is 34.9 Å². The maximum Gasteiger partial charge on any atom is 0.273 e. The third-order valence-electron chi connectivity index (χ3n) is 4.38. The highest BCUT2D eigenvalue weighted by Crippen LogP contribution is 2.37. The number of nitrogens with zero attached hydrogens (tertiary/aromatic N) is 2. The molecule has 2 fully saturated rings. The van der Waals surface area contributed by atoms with Gasteiger partial charge in [0.15, 0.2) is 0 Å². The van der Waals surface area contributed by atoms with Crippen molar-refractivity contribution in [2.75, 3.05) is 13.1 Å². The molecule has 104 valence electrons. The standard InChI is InChI=1S/C14H21N3OS/c15-7-6-13-16-11(9-19-13)14(18)17-8-2-4-10-3-1-5-12(10)17/h9-10,12H,1-8,15H2. The Balaban J connectivity index is 1.74. The highest BCUT2D eigenvalue weighted by Gasteiger charge is 2.38. The summed E-state index contributed by atoms with van der Waals surface area (Å²) in [5.41, 5.74) is 6.16. The Labute approximate surface area is 118 Å². The number of aromatic nitrogens is 1. The van der Waals surface area contributed by atoms with Crippen LogP contribution in [-0.2, 0) is 6.42 Å². The van der Waals surface area contributed by atoms with Gasteiger partial charge in [0.05, 0.1) is 5.01 Å². The molecule has 2 heterocycles. The first-order chi connectivity index (χ1) is 9.29. The van der Waals surface area contributed by atoms with Crippen LogP contribution in [0.15, 0.2) is 5.38 Å². The van der Waals surface area contributed by atoms with Crippen molar-refractivity contribution in [3.63, 3.8) is 0 Å². The molecule has 2 atom stereocenters. The lowest BCUT2D eigenvalue weighted by molar-refractivity contribution is 0.0543. The topological polar surface area (TPSA) is 59.2 Å². The summed E-state index contributed by atoms with van der Waals surface area (Å²) in [6, 6.07) is 0.473. The average Bonchev–Trinajstić information content (AvgIpc) is 3.06. The fourth-order valence-corrected chi connectivity index (χ4v) is 4.29. The fourth-order valence-electron chi connectivity index (χ4n) is 3.50. The van der Waals surface area contributed by atoms with Crippen LogP contribution in [0.1, 0.15) is 47.6 Å². The summed E-state index contributed by atoms with van der Waals surface area (Å²) in [6.07, 6.45) is 6.95. The molecule has 1 saturated heterocycles. The van der Waals surface area contributed by atoms with E-state index in [0.29, 0.717) is 18.3 Å². The molecule has 2 aliphatic rings. The van der Waals surface area contributed by atoms with Gasteiger partial charge in [-0.1, -0.05) is 6.42 Å². The van der Waals surface area contributed by atoms with Gasteiger partial charge >= 0.3 is 0 Å². The van der Waals surface area contributed by atoms with Crippen molar-refractivity contribution in [1.29, 1.82) is 0 Å². The van der Waals surface area contributed by atoms with E-state index in [0.717, 1.165) is 30.3 Å². The Morgan fingerprint density at radius 3 is 3.11 bits per heavy atom. The second kappa shape index (κ2) is 5.59. The second-order valence-electron chi connectivity index (χ2n) is 5.56. The van der Waals surface area contributed by atoms with Gasteiger partial charge in [-0.05, 0) is 38.1 Å². The third-order valence-corrected chi connectivity index (χ3v) is 5.29. The van der Waals surface area contributed by atoms with Crippen molar-refractivity contribution in [3.05, 3.63) is 16.1 Å². The Hall–Kier alpha value is -0.940. The SMILES string of the molecule is NCCc1nc(C(=O)N2CCCC3CCCC32)cs1. The number of hydrogen-bond acceptors (Lipinski definition) is 4. The minimum atomic E-state index is 0.135. The lowest BCUT2D eigenvalue weighted by Gasteiger charge is -2.37. The molecule has 4 nitrogen and oxygen atoms in total. The molecule has 0 bridgehead atoms. The highest BCUT2D eigenvalue weighted by molar-refractivity contribution is 7.09. The van der Waals surface area contributed by atoms with E-state index in [4.69, 9.17) is 5.73 Å². The third kappa shape index (κ3) is 2.54. The largest absolute Gasteiger partial charge is 0.334 e. The van der Waals surface area contributed by atoms with Crippen LogP contribution >= 0.6 is 11.3 Å². The predicted molar refractivity (Wildman–Crippen MR) is 76.3 cm³/mol. The summed E-state index contributed by atoms with van der Waals surface area (Å²) in [4.78, 5) is 19.1. The summed E-state index contributed by atoms with van der Waals surface area (Å²) in [5.74, 6) is 0.871. The van der Waals surface area contributed by atoms with Crippen LogP contribution in [0.25, 0.3) is 0 Å². The number of rotatable bonds is 3. The molecule has 3 rings (SSSR count). The van der Waals surface area contributed by atoms with Gasteiger partial charge in [0.2, 0.25) is 0 Å². The molecule has 1 aromatic rings. The van der Waals surface area contributed by atoms with E-state index in [2.05, 4.69) is 9.88 Å². The van der Waals surface area contributed by atoms with E-state index in [1.807, 2.05) is 5.38 Å². The monoisotopic (exact) mass is 279 g/mol. The summed E-state index contributed by atoms with van der Waals surface area (Å²) in [5, 5.41) is 2.87. The highest BCUT2D eigenvalue weighted by atomic mass is 32.1. The smallest absolute Gasteiger partial charge is 0.273 e. The van der Waals surface area contributed by atoms with Crippen molar-refractivity contribution in [1.82, 2.24) is 9.88 Å². The van der Waals surface area contributed by atoms with Gasteiger partial charge in [-0.25, -0.2) is 4.98 Å². The second-order valence-corrected chi connectivity index (χ2v) is 6.51. The molecule has 2 unspecified atom stereocenters. The first-order valence-electron chi connectivity index (χ1n) is 7.25. The zero-order valence-corrected chi connectivity index (χ0v) is 12.0. The van der Waals surface area contributed by atoms with E-state index in [-0.39, 0.29) is 5.91 Å². The number of nitrogens with two attached hydrogens (primary N) is 1. The number of fused-ring (bicyclic) bond motifs is 1. The summed E-state index contributed by atoms with van der Waals surface area (Å²) in [6.45, 7) is 1.50. The van der Waals surface area contributed by atoms with Crippen molar-refractivity contribution in [3.8, 4) is 0 Å². The molecular formula is C14H21N3OS. The molecule has 1 aromatic heterocycles. The van der Waals surface area contributed by atoms with Crippen LogP contribution in [0.2, 0.25) is 0 Å².